The Hall–Kier alpha value is -0.320. The van der Waals surface area contributed by atoms with Gasteiger partial charge in [0.2, 0.25) is 0 Å². The molecule has 0 amide bonds. The molecule has 17 heavy (non-hydrogen) atoms. The molecule has 1 aromatic heterocycles. The van der Waals surface area contributed by atoms with Crippen LogP contribution in [0.25, 0.3) is 0 Å². The van der Waals surface area contributed by atoms with Crippen LogP contribution in [0.1, 0.15) is 15.3 Å². The maximum Gasteiger partial charge on any atom is 0.129 e. The third-order valence-corrected chi connectivity index (χ3v) is 5.08. The van der Waals surface area contributed by atoms with Gasteiger partial charge >= 0.3 is 0 Å². The van der Waals surface area contributed by atoms with Gasteiger partial charge in [0.05, 0.1) is 11.9 Å². The first-order valence-electron chi connectivity index (χ1n) is 5.20. The molecule has 0 fully saturated rings. The second-order valence-corrected chi connectivity index (χ2v) is 6.65. The highest BCUT2D eigenvalue weighted by Gasteiger charge is 2.11. The summed E-state index contributed by atoms with van der Waals surface area (Å²) in [6, 6.07) is 10.5. The van der Waals surface area contributed by atoms with Gasteiger partial charge in [0.1, 0.15) is 5.75 Å². The van der Waals surface area contributed by atoms with E-state index in [0.29, 0.717) is 4.83 Å². The average molecular weight is 376 g/mol. The Morgan fingerprint density at radius 3 is 2.82 bits per heavy atom. The zero-order chi connectivity index (χ0) is 12.3. The van der Waals surface area contributed by atoms with Crippen LogP contribution in [0.3, 0.4) is 0 Å². The minimum absolute atomic E-state index is 0.339. The molecule has 1 aromatic carbocycles. The number of benzene rings is 1. The number of methoxy groups -OCH3 is 1. The third-order valence-electron chi connectivity index (χ3n) is 2.44. The summed E-state index contributed by atoms with van der Waals surface area (Å²) in [7, 11) is 1.70. The maximum absolute atomic E-state index is 5.20. The molecule has 1 nitrogen and oxygen atoms in total. The van der Waals surface area contributed by atoms with Crippen LogP contribution in [0.2, 0.25) is 0 Å². The normalized spacial score (nSPS) is 12.4. The molecule has 0 N–H and O–H groups in total. The van der Waals surface area contributed by atoms with Crippen molar-refractivity contribution in [2.45, 2.75) is 11.2 Å². The minimum Gasteiger partial charge on any atom is -0.496 e. The van der Waals surface area contributed by atoms with Crippen molar-refractivity contribution in [1.29, 1.82) is 0 Å². The summed E-state index contributed by atoms with van der Waals surface area (Å²) in [5, 5.41) is 2.03. The number of ether oxygens (including phenoxy) is 1. The van der Waals surface area contributed by atoms with Gasteiger partial charge in [-0.3, -0.25) is 0 Å². The molecular formula is C13H12Br2OS. The van der Waals surface area contributed by atoms with Gasteiger partial charge in [-0.1, -0.05) is 44.0 Å². The average Bonchev–Trinajstić information content (AvgIpc) is 2.77. The second-order valence-electron chi connectivity index (χ2n) is 3.69. The molecule has 0 aliphatic heterocycles. The lowest BCUT2D eigenvalue weighted by Crippen LogP contribution is -1.92. The van der Waals surface area contributed by atoms with Crippen molar-refractivity contribution in [2.24, 2.45) is 0 Å². The Balaban J connectivity index is 2.08. The van der Waals surface area contributed by atoms with Crippen LogP contribution in [0.4, 0.5) is 0 Å². The maximum atomic E-state index is 5.20. The van der Waals surface area contributed by atoms with Crippen molar-refractivity contribution >= 4 is 43.2 Å². The van der Waals surface area contributed by atoms with Crippen molar-refractivity contribution in [3.63, 3.8) is 0 Å². The zero-order valence-electron chi connectivity index (χ0n) is 9.32. The van der Waals surface area contributed by atoms with Crippen molar-refractivity contribution < 1.29 is 4.74 Å². The van der Waals surface area contributed by atoms with Crippen molar-refractivity contribution in [3.8, 4) is 5.75 Å². The molecule has 0 radical (unpaired) electrons. The summed E-state index contributed by atoms with van der Waals surface area (Å²) in [6.45, 7) is 0. The molecule has 0 bridgehead atoms. The van der Waals surface area contributed by atoms with Gasteiger partial charge in [-0.25, -0.2) is 0 Å². The van der Waals surface area contributed by atoms with Crippen LogP contribution in [-0.4, -0.2) is 7.11 Å². The topological polar surface area (TPSA) is 9.23 Å². The number of hydrogen-bond acceptors (Lipinski definition) is 2. The van der Waals surface area contributed by atoms with Crippen molar-refractivity contribution in [2.75, 3.05) is 7.11 Å². The molecule has 1 heterocycles. The number of thiophene rings is 1. The van der Waals surface area contributed by atoms with E-state index in [1.807, 2.05) is 11.4 Å². The number of alkyl halides is 1. The van der Waals surface area contributed by atoms with Crippen molar-refractivity contribution in [1.82, 2.24) is 0 Å². The van der Waals surface area contributed by atoms with Crippen LogP contribution in [0.15, 0.2) is 40.2 Å². The largest absolute Gasteiger partial charge is 0.496 e. The smallest absolute Gasteiger partial charge is 0.129 e. The van der Waals surface area contributed by atoms with Gasteiger partial charge in [0.15, 0.2) is 0 Å². The van der Waals surface area contributed by atoms with Gasteiger partial charge in [0, 0.05) is 14.7 Å². The fourth-order valence-electron chi connectivity index (χ4n) is 1.58. The van der Waals surface area contributed by atoms with Crippen LogP contribution < -0.4 is 4.74 Å². The molecule has 0 spiro atoms. The Kier molecular flexibility index (Phi) is 4.65. The molecule has 4 heteroatoms. The summed E-state index contributed by atoms with van der Waals surface area (Å²) in [4.78, 5) is 1.63. The SMILES string of the molecule is COc1csc(C(Br)Cc2cccc(Br)c2)c1. The highest BCUT2D eigenvalue weighted by atomic mass is 79.9. The summed E-state index contributed by atoms with van der Waals surface area (Å²) in [5.74, 6) is 0.934. The number of hydrogen-bond donors (Lipinski definition) is 0. The van der Waals surface area contributed by atoms with Crippen LogP contribution in [0, 0.1) is 0 Å². The molecule has 2 rings (SSSR count). The summed E-state index contributed by atoms with van der Waals surface area (Å²) >= 11 is 8.94. The molecular weight excluding hydrogens is 364 g/mol. The Bertz CT molecular complexity index is 496. The van der Waals surface area contributed by atoms with Gasteiger partial charge < -0.3 is 4.74 Å². The van der Waals surface area contributed by atoms with Gasteiger partial charge in [0.25, 0.3) is 0 Å². The second kappa shape index (κ2) is 6.03. The number of rotatable bonds is 4. The molecule has 0 aliphatic carbocycles. The fourth-order valence-corrected chi connectivity index (χ4v) is 3.69. The monoisotopic (exact) mass is 374 g/mol. The predicted octanol–water partition coefficient (Wildman–Crippen LogP) is 5.20. The van der Waals surface area contributed by atoms with E-state index in [1.165, 1.54) is 10.4 Å². The molecule has 0 saturated heterocycles. The molecule has 1 unspecified atom stereocenters. The van der Waals surface area contributed by atoms with E-state index >= 15 is 0 Å². The van der Waals surface area contributed by atoms with Gasteiger partial charge in [-0.15, -0.1) is 11.3 Å². The van der Waals surface area contributed by atoms with Gasteiger partial charge in [-0.2, -0.15) is 0 Å². The van der Waals surface area contributed by atoms with Crippen LogP contribution in [-0.2, 0) is 6.42 Å². The van der Waals surface area contributed by atoms with E-state index in [4.69, 9.17) is 4.74 Å². The van der Waals surface area contributed by atoms with E-state index in [-0.39, 0.29) is 0 Å². The van der Waals surface area contributed by atoms with E-state index in [9.17, 15) is 0 Å². The zero-order valence-corrected chi connectivity index (χ0v) is 13.3. The van der Waals surface area contributed by atoms with E-state index in [1.54, 1.807) is 18.4 Å². The Labute approximate surface area is 122 Å². The standard InChI is InChI=1S/C13H12Br2OS/c1-16-11-7-13(17-8-11)12(15)6-9-3-2-4-10(14)5-9/h2-5,7-8,12H,6H2,1H3. The minimum atomic E-state index is 0.339. The first kappa shape index (κ1) is 13.1. The van der Waals surface area contributed by atoms with Crippen molar-refractivity contribution in [3.05, 3.63) is 50.6 Å². The lowest BCUT2D eigenvalue weighted by molar-refractivity contribution is 0.416. The lowest BCUT2D eigenvalue weighted by Gasteiger charge is -2.07. The molecule has 90 valence electrons. The third kappa shape index (κ3) is 3.57. The van der Waals surface area contributed by atoms with Gasteiger partial charge in [-0.05, 0) is 30.2 Å². The summed E-state index contributed by atoms with van der Waals surface area (Å²) < 4.78 is 6.32. The predicted molar refractivity (Wildman–Crippen MR) is 80.4 cm³/mol. The highest BCUT2D eigenvalue weighted by molar-refractivity contribution is 9.10. The molecule has 0 saturated carbocycles. The highest BCUT2D eigenvalue weighted by Crippen LogP contribution is 2.34. The van der Waals surface area contributed by atoms with E-state index in [0.717, 1.165) is 16.6 Å². The quantitative estimate of drug-likeness (QED) is 0.667. The summed E-state index contributed by atoms with van der Waals surface area (Å²) in [6.07, 6.45) is 0.975. The molecule has 2 aromatic rings. The Morgan fingerprint density at radius 2 is 2.18 bits per heavy atom. The first-order chi connectivity index (χ1) is 8.19. The molecule has 0 aliphatic rings. The van der Waals surface area contributed by atoms with Crippen LogP contribution in [0.5, 0.6) is 5.75 Å². The fraction of sp³-hybridized carbons (Fsp3) is 0.231. The number of halogens is 2. The summed E-state index contributed by atoms with van der Waals surface area (Å²) in [5.41, 5.74) is 1.31. The van der Waals surface area contributed by atoms with Crippen LogP contribution >= 0.6 is 43.2 Å². The van der Waals surface area contributed by atoms with E-state index in [2.05, 4.69) is 56.1 Å². The van der Waals surface area contributed by atoms with E-state index < -0.39 is 0 Å². The molecule has 1 atom stereocenters. The Morgan fingerprint density at radius 1 is 1.35 bits per heavy atom. The lowest BCUT2D eigenvalue weighted by atomic mass is 10.1. The first-order valence-corrected chi connectivity index (χ1v) is 7.79.